The first-order chi connectivity index (χ1) is 12.1. The van der Waals surface area contributed by atoms with E-state index < -0.39 is 21.7 Å². The highest BCUT2D eigenvalue weighted by molar-refractivity contribution is 7.88. The van der Waals surface area contributed by atoms with E-state index in [-0.39, 0.29) is 18.3 Å². The maximum absolute atomic E-state index is 12.4. The molecule has 26 heavy (non-hydrogen) atoms. The number of nitrogens with one attached hydrogen (secondary N) is 1. The second-order valence-electron chi connectivity index (χ2n) is 7.35. The topological polar surface area (TPSA) is 99.5 Å². The Morgan fingerprint density at radius 3 is 2.73 bits per heavy atom. The highest BCUT2D eigenvalue weighted by atomic mass is 32.2. The first-order valence-electron chi connectivity index (χ1n) is 8.56. The van der Waals surface area contributed by atoms with Crippen LogP contribution >= 0.6 is 0 Å². The van der Waals surface area contributed by atoms with Gasteiger partial charge in [-0.1, -0.05) is 18.2 Å². The third-order valence-electron chi connectivity index (χ3n) is 4.03. The van der Waals surface area contributed by atoms with Crippen LogP contribution in [0.25, 0.3) is 0 Å². The third kappa shape index (κ3) is 5.71. The van der Waals surface area contributed by atoms with E-state index in [0.29, 0.717) is 17.7 Å². The van der Waals surface area contributed by atoms with Crippen molar-refractivity contribution in [3.8, 4) is 6.07 Å². The second kappa shape index (κ2) is 8.06. The number of sulfonamides is 1. The van der Waals surface area contributed by atoms with Crippen molar-refractivity contribution < 1.29 is 17.9 Å². The van der Waals surface area contributed by atoms with Gasteiger partial charge >= 0.3 is 6.09 Å². The van der Waals surface area contributed by atoms with Gasteiger partial charge in [0.05, 0.1) is 17.4 Å². The molecule has 2 rings (SSSR count). The zero-order valence-corrected chi connectivity index (χ0v) is 16.2. The van der Waals surface area contributed by atoms with Crippen LogP contribution in [0.5, 0.6) is 0 Å². The Morgan fingerprint density at radius 1 is 1.38 bits per heavy atom. The number of benzene rings is 1. The van der Waals surface area contributed by atoms with Crippen molar-refractivity contribution in [2.24, 2.45) is 0 Å². The van der Waals surface area contributed by atoms with Crippen LogP contribution in [0.4, 0.5) is 4.79 Å². The highest BCUT2D eigenvalue weighted by Gasteiger charge is 2.32. The van der Waals surface area contributed by atoms with Gasteiger partial charge in [-0.25, -0.2) is 17.9 Å². The summed E-state index contributed by atoms with van der Waals surface area (Å²) in [7, 11) is -3.62. The molecule has 1 unspecified atom stereocenters. The van der Waals surface area contributed by atoms with Gasteiger partial charge in [-0.15, -0.1) is 0 Å². The summed E-state index contributed by atoms with van der Waals surface area (Å²) in [6, 6.07) is 8.38. The lowest BCUT2D eigenvalue weighted by Crippen LogP contribution is -2.45. The molecule has 0 radical (unpaired) electrons. The molecule has 1 heterocycles. The van der Waals surface area contributed by atoms with Gasteiger partial charge in [-0.3, -0.25) is 0 Å². The van der Waals surface area contributed by atoms with Gasteiger partial charge in [0.15, 0.2) is 0 Å². The summed E-state index contributed by atoms with van der Waals surface area (Å²) in [4.78, 5) is 13.8. The van der Waals surface area contributed by atoms with Gasteiger partial charge in [0.2, 0.25) is 10.0 Å². The van der Waals surface area contributed by atoms with Crippen molar-refractivity contribution in [1.82, 2.24) is 9.62 Å². The summed E-state index contributed by atoms with van der Waals surface area (Å²) >= 11 is 0. The molecule has 0 aromatic heterocycles. The molecule has 0 aliphatic carbocycles. The smallest absolute Gasteiger partial charge is 0.410 e. The van der Waals surface area contributed by atoms with Gasteiger partial charge in [-0.05, 0) is 45.2 Å². The lowest BCUT2D eigenvalue weighted by atomic mass is 10.1. The number of nitriles is 1. The Balaban J connectivity index is 1.98. The molecule has 1 amide bonds. The Bertz CT molecular complexity index is 793. The van der Waals surface area contributed by atoms with Crippen LogP contribution in [0.15, 0.2) is 24.3 Å². The Kier molecular flexibility index (Phi) is 6.26. The molecule has 7 nitrogen and oxygen atoms in total. The highest BCUT2D eigenvalue weighted by Crippen LogP contribution is 2.21. The molecule has 1 aliphatic rings. The van der Waals surface area contributed by atoms with Crippen LogP contribution in [0.2, 0.25) is 0 Å². The number of hydrogen-bond donors (Lipinski definition) is 1. The first kappa shape index (κ1) is 20.2. The molecule has 1 aliphatic heterocycles. The number of nitrogens with zero attached hydrogens (tertiary/aromatic N) is 2. The number of carbonyl (C=O) groups is 1. The van der Waals surface area contributed by atoms with Crippen molar-refractivity contribution in [2.45, 2.75) is 51.0 Å². The molecule has 0 spiro atoms. The largest absolute Gasteiger partial charge is 0.444 e. The number of rotatable bonds is 5. The van der Waals surface area contributed by atoms with E-state index in [1.807, 2.05) is 6.07 Å². The fourth-order valence-corrected chi connectivity index (χ4v) is 4.05. The van der Waals surface area contributed by atoms with Crippen molar-refractivity contribution in [3.05, 3.63) is 35.4 Å². The minimum absolute atomic E-state index is 0.135. The van der Waals surface area contributed by atoms with Gasteiger partial charge in [0.25, 0.3) is 0 Å². The molecule has 1 saturated heterocycles. The van der Waals surface area contributed by atoms with Crippen LogP contribution in [0.3, 0.4) is 0 Å². The van der Waals surface area contributed by atoms with Crippen LogP contribution in [-0.4, -0.2) is 44.1 Å². The molecule has 142 valence electrons. The third-order valence-corrected chi connectivity index (χ3v) is 5.32. The number of carbonyl (C=O) groups excluding carboxylic acids is 1. The van der Waals surface area contributed by atoms with E-state index in [9.17, 15) is 13.2 Å². The van der Waals surface area contributed by atoms with E-state index >= 15 is 0 Å². The zero-order chi connectivity index (χ0) is 19.4. The minimum Gasteiger partial charge on any atom is -0.444 e. The summed E-state index contributed by atoms with van der Waals surface area (Å²) < 4.78 is 32.7. The molecule has 0 bridgehead atoms. The first-order valence-corrected chi connectivity index (χ1v) is 10.2. The lowest BCUT2D eigenvalue weighted by Gasteiger charge is -2.28. The van der Waals surface area contributed by atoms with Gasteiger partial charge < -0.3 is 9.64 Å². The van der Waals surface area contributed by atoms with Crippen molar-refractivity contribution in [1.29, 1.82) is 5.26 Å². The average molecular weight is 379 g/mol. The predicted molar refractivity (Wildman–Crippen MR) is 97.7 cm³/mol. The number of hydrogen-bond acceptors (Lipinski definition) is 5. The molecule has 1 N–H and O–H groups in total. The van der Waals surface area contributed by atoms with Crippen LogP contribution in [-0.2, 0) is 20.5 Å². The summed E-state index contributed by atoms with van der Waals surface area (Å²) in [5.74, 6) is -0.268. The molecule has 1 aromatic carbocycles. The lowest BCUT2D eigenvalue weighted by molar-refractivity contribution is 0.0229. The summed E-state index contributed by atoms with van der Waals surface area (Å²) in [5, 5.41) is 9.08. The quantitative estimate of drug-likeness (QED) is 0.847. The van der Waals surface area contributed by atoms with E-state index in [1.165, 1.54) is 0 Å². The maximum atomic E-state index is 12.4. The summed E-state index contributed by atoms with van der Waals surface area (Å²) in [6.45, 7) is 6.08. The number of amides is 1. The molecule has 8 heteroatoms. The van der Waals surface area contributed by atoms with E-state index in [0.717, 1.165) is 12.8 Å². The average Bonchev–Trinajstić information content (AvgIpc) is 3.00. The second-order valence-corrected chi connectivity index (χ2v) is 9.15. The van der Waals surface area contributed by atoms with Crippen LogP contribution < -0.4 is 4.72 Å². The predicted octanol–water partition coefficient (Wildman–Crippen LogP) is 2.38. The van der Waals surface area contributed by atoms with E-state index in [2.05, 4.69) is 4.72 Å². The summed E-state index contributed by atoms with van der Waals surface area (Å²) in [5.41, 5.74) is 0.206. The normalized spacial score (nSPS) is 17.8. The van der Waals surface area contributed by atoms with Crippen molar-refractivity contribution in [3.63, 3.8) is 0 Å². The number of likely N-dealkylation sites (tertiary alicyclic amines) is 1. The van der Waals surface area contributed by atoms with Crippen LogP contribution in [0, 0.1) is 11.3 Å². The molecule has 0 saturated carbocycles. The van der Waals surface area contributed by atoms with Crippen molar-refractivity contribution in [2.75, 3.05) is 13.1 Å². The van der Waals surface area contributed by atoms with Gasteiger partial charge in [-0.2, -0.15) is 5.26 Å². The molecule has 1 fully saturated rings. The minimum atomic E-state index is -3.62. The van der Waals surface area contributed by atoms with Gasteiger partial charge in [0, 0.05) is 19.1 Å². The van der Waals surface area contributed by atoms with Gasteiger partial charge in [0.1, 0.15) is 5.60 Å². The van der Waals surface area contributed by atoms with Crippen molar-refractivity contribution >= 4 is 16.1 Å². The standard InChI is InChI=1S/C18H25N3O4S/c1-18(2,3)25-17(22)21-10-6-9-16(21)12-20-26(23,24)13-15-8-5-4-7-14(15)11-19/h4-5,7-8,16,20H,6,9-10,12-13H2,1-3H3. The Morgan fingerprint density at radius 2 is 2.08 bits per heavy atom. The molecular formula is C18H25N3O4S. The summed E-state index contributed by atoms with van der Waals surface area (Å²) in [6.07, 6.45) is 1.11. The van der Waals surface area contributed by atoms with E-state index in [1.54, 1.807) is 49.9 Å². The monoisotopic (exact) mass is 379 g/mol. The fourth-order valence-electron chi connectivity index (χ4n) is 2.84. The van der Waals surface area contributed by atoms with E-state index in [4.69, 9.17) is 10.00 Å². The van der Waals surface area contributed by atoms with Crippen LogP contribution in [0.1, 0.15) is 44.7 Å². The zero-order valence-electron chi connectivity index (χ0n) is 15.4. The fraction of sp³-hybridized carbons (Fsp3) is 0.556. The Hall–Kier alpha value is -2.11. The number of ether oxygens (including phenoxy) is 1. The maximum Gasteiger partial charge on any atom is 0.410 e. The SMILES string of the molecule is CC(C)(C)OC(=O)N1CCCC1CNS(=O)(=O)Cc1ccccc1C#N. The molecular weight excluding hydrogens is 354 g/mol. The molecule has 1 aromatic rings. The molecule has 1 atom stereocenters. The Labute approximate surface area is 155 Å².